The number of amides is 1. The number of nitrogens with zero attached hydrogens (tertiary/aromatic N) is 3. The lowest BCUT2D eigenvalue weighted by Gasteiger charge is -2.24. The van der Waals surface area contributed by atoms with E-state index in [1.54, 1.807) is 24.5 Å². The van der Waals surface area contributed by atoms with Crippen LogP contribution in [0.25, 0.3) is 0 Å². The topological polar surface area (TPSA) is 56.7 Å². The van der Waals surface area contributed by atoms with Crippen LogP contribution < -0.4 is 0 Å². The van der Waals surface area contributed by atoms with Crippen molar-refractivity contribution in [3.63, 3.8) is 0 Å². The maximum atomic E-state index is 12.6. The van der Waals surface area contributed by atoms with Crippen LogP contribution in [0.15, 0.2) is 48.8 Å². The molecule has 0 bridgehead atoms. The first kappa shape index (κ1) is 17.6. The van der Waals surface area contributed by atoms with Crippen molar-refractivity contribution in [2.75, 3.05) is 32.7 Å². The van der Waals surface area contributed by atoms with E-state index in [1.807, 2.05) is 36.1 Å². The third-order valence-electron chi connectivity index (χ3n) is 4.70. The van der Waals surface area contributed by atoms with Crippen LogP contribution in [0, 0.1) is 6.92 Å². The highest BCUT2D eigenvalue weighted by molar-refractivity contribution is 5.94. The van der Waals surface area contributed by atoms with Crippen LogP contribution >= 0.6 is 0 Å². The summed E-state index contributed by atoms with van der Waals surface area (Å²) in [5.41, 5.74) is 2.82. The smallest absolute Gasteiger partial charge is 0.254 e. The molecule has 1 aromatic carbocycles. The van der Waals surface area contributed by atoms with Crippen LogP contribution in [0.1, 0.15) is 34.0 Å². The summed E-state index contributed by atoms with van der Waals surface area (Å²) in [6.07, 6.45) is 3.71. The molecule has 0 radical (unpaired) electrons. The minimum atomic E-state index is -0.497. The Morgan fingerprint density at radius 1 is 1.08 bits per heavy atom. The highest BCUT2D eigenvalue weighted by Gasteiger charge is 2.21. The molecule has 1 aliphatic rings. The van der Waals surface area contributed by atoms with E-state index < -0.39 is 6.10 Å². The average Bonchev–Trinajstić information content (AvgIpc) is 2.88. The van der Waals surface area contributed by atoms with Gasteiger partial charge in [0.25, 0.3) is 5.91 Å². The Kier molecular flexibility index (Phi) is 5.79. The van der Waals surface area contributed by atoms with Crippen LogP contribution in [-0.2, 0) is 0 Å². The number of carbonyl (C=O) groups excluding carboxylic acids is 1. The highest BCUT2D eigenvalue weighted by Crippen LogP contribution is 2.17. The second-order valence-corrected chi connectivity index (χ2v) is 6.61. The molecule has 1 saturated heterocycles. The molecule has 2 aromatic rings. The largest absolute Gasteiger partial charge is 0.387 e. The predicted molar refractivity (Wildman–Crippen MR) is 97.3 cm³/mol. The number of pyridine rings is 1. The molecular formula is C20H25N3O2. The van der Waals surface area contributed by atoms with Crippen molar-refractivity contribution in [1.29, 1.82) is 0 Å². The fourth-order valence-electron chi connectivity index (χ4n) is 3.17. The maximum Gasteiger partial charge on any atom is 0.254 e. The molecule has 1 aromatic heterocycles. The van der Waals surface area contributed by atoms with Crippen molar-refractivity contribution < 1.29 is 9.90 Å². The van der Waals surface area contributed by atoms with E-state index in [2.05, 4.69) is 9.88 Å². The first-order valence-corrected chi connectivity index (χ1v) is 8.80. The Morgan fingerprint density at radius 2 is 1.80 bits per heavy atom. The third kappa shape index (κ3) is 4.65. The van der Waals surface area contributed by atoms with Gasteiger partial charge in [-0.15, -0.1) is 0 Å². The number of β-amino-alcohol motifs (C(OH)–C–C–N with tert-alkyl or cyclic N) is 1. The number of hydrogen-bond acceptors (Lipinski definition) is 4. The molecule has 0 saturated carbocycles. The molecule has 0 aliphatic carbocycles. The number of hydrogen-bond donors (Lipinski definition) is 1. The SMILES string of the molecule is Cc1ccc(C(O)CN2CCCN(C(=O)c3ccncc3)CC2)cc1. The Morgan fingerprint density at radius 3 is 2.52 bits per heavy atom. The van der Waals surface area contributed by atoms with Gasteiger partial charge in [-0.25, -0.2) is 0 Å². The Balaban J connectivity index is 1.56. The fourth-order valence-corrected chi connectivity index (χ4v) is 3.17. The van der Waals surface area contributed by atoms with E-state index in [1.165, 1.54) is 5.56 Å². The number of carbonyl (C=O) groups is 1. The van der Waals surface area contributed by atoms with E-state index in [0.717, 1.165) is 31.6 Å². The summed E-state index contributed by atoms with van der Waals surface area (Å²) in [7, 11) is 0. The molecule has 5 nitrogen and oxygen atoms in total. The summed E-state index contributed by atoms with van der Waals surface area (Å²) >= 11 is 0. The molecule has 5 heteroatoms. The summed E-state index contributed by atoms with van der Waals surface area (Å²) in [6.45, 7) is 5.74. The molecule has 25 heavy (non-hydrogen) atoms. The maximum absolute atomic E-state index is 12.6. The zero-order valence-electron chi connectivity index (χ0n) is 14.6. The lowest BCUT2D eigenvalue weighted by Crippen LogP contribution is -2.36. The Labute approximate surface area is 148 Å². The van der Waals surface area contributed by atoms with E-state index in [0.29, 0.717) is 18.7 Å². The number of aliphatic hydroxyl groups is 1. The van der Waals surface area contributed by atoms with Crippen molar-refractivity contribution in [2.24, 2.45) is 0 Å². The van der Waals surface area contributed by atoms with Gasteiger partial charge in [0, 0.05) is 50.7 Å². The van der Waals surface area contributed by atoms with Gasteiger partial charge in [0.05, 0.1) is 6.10 Å². The number of aryl methyl sites for hydroxylation is 1. The third-order valence-corrected chi connectivity index (χ3v) is 4.70. The van der Waals surface area contributed by atoms with Crippen molar-refractivity contribution in [3.05, 3.63) is 65.5 Å². The van der Waals surface area contributed by atoms with Crippen LogP contribution in [0.5, 0.6) is 0 Å². The minimum Gasteiger partial charge on any atom is -0.387 e. The zero-order chi connectivity index (χ0) is 17.6. The van der Waals surface area contributed by atoms with Crippen LogP contribution in [0.4, 0.5) is 0 Å². The van der Waals surface area contributed by atoms with Gasteiger partial charge in [-0.2, -0.15) is 0 Å². The van der Waals surface area contributed by atoms with Gasteiger partial charge < -0.3 is 10.0 Å². The molecule has 1 aliphatic heterocycles. The van der Waals surface area contributed by atoms with Gasteiger partial charge in [0.2, 0.25) is 0 Å². The van der Waals surface area contributed by atoms with Gasteiger partial charge in [-0.1, -0.05) is 29.8 Å². The molecule has 0 spiro atoms. The molecule has 1 N–H and O–H groups in total. The van der Waals surface area contributed by atoms with Crippen LogP contribution in [0.2, 0.25) is 0 Å². The molecular weight excluding hydrogens is 314 g/mol. The van der Waals surface area contributed by atoms with Gasteiger partial charge in [0.1, 0.15) is 0 Å². The number of benzene rings is 1. The summed E-state index contributed by atoms with van der Waals surface area (Å²) in [4.78, 5) is 20.7. The summed E-state index contributed by atoms with van der Waals surface area (Å²) in [5, 5.41) is 10.5. The van der Waals surface area contributed by atoms with Gasteiger partial charge in [-0.3, -0.25) is 14.7 Å². The normalized spacial score (nSPS) is 17.1. The first-order valence-electron chi connectivity index (χ1n) is 8.80. The summed E-state index contributed by atoms with van der Waals surface area (Å²) in [6, 6.07) is 11.5. The highest BCUT2D eigenvalue weighted by atomic mass is 16.3. The molecule has 132 valence electrons. The molecule has 1 amide bonds. The number of aromatic nitrogens is 1. The van der Waals surface area contributed by atoms with Crippen molar-refractivity contribution >= 4 is 5.91 Å². The predicted octanol–water partition coefficient (Wildman–Crippen LogP) is 2.27. The second-order valence-electron chi connectivity index (χ2n) is 6.61. The monoisotopic (exact) mass is 339 g/mol. The van der Waals surface area contributed by atoms with E-state index >= 15 is 0 Å². The number of rotatable bonds is 4. The molecule has 1 atom stereocenters. The van der Waals surface area contributed by atoms with Crippen molar-refractivity contribution in [3.8, 4) is 0 Å². The average molecular weight is 339 g/mol. The standard InChI is InChI=1S/C20H25N3O2/c1-16-3-5-17(6-4-16)19(24)15-22-11-2-12-23(14-13-22)20(25)18-7-9-21-10-8-18/h3-10,19,24H,2,11-15H2,1H3. The first-order chi connectivity index (χ1) is 12.1. The van der Waals surface area contributed by atoms with E-state index in [-0.39, 0.29) is 5.91 Å². The molecule has 2 heterocycles. The Hall–Kier alpha value is -2.24. The molecule has 1 unspecified atom stereocenters. The van der Waals surface area contributed by atoms with E-state index in [4.69, 9.17) is 0 Å². The zero-order valence-corrected chi connectivity index (χ0v) is 14.6. The molecule has 1 fully saturated rings. The summed E-state index contributed by atoms with van der Waals surface area (Å²) < 4.78 is 0. The van der Waals surface area contributed by atoms with Gasteiger partial charge in [0.15, 0.2) is 0 Å². The summed E-state index contributed by atoms with van der Waals surface area (Å²) in [5.74, 6) is 0.0586. The number of aliphatic hydroxyl groups excluding tert-OH is 1. The lowest BCUT2D eigenvalue weighted by atomic mass is 10.1. The van der Waals surface area contributed by atoms with Crippen LogP contribution in [-0.4, -0.2) is 58.5 Å². The van der Waals surface area contributed by atoms with Crippen LogP contribution in [0.3, 0.4) is 0 Å². The van der Waals surface area contributed by atoms with Gasteiger partial charge >= 0.3 is 0 Å². The van der Waals surface area contributed by atoms with E-state index in [9.17, 15) is 9.90 Å². The molecule has 3 rings (SSSR count). The second kappa shape index (κ2) is 8.23. The quantitative estimate of drug-likeness (QED) is 0.928. The van der Waals surface area contributed by atoms with Gasteiger partial charge in [-0.05, 0) is 31.0 Å². The van der Waals surface area contributed by atoms with Crippen molar-refractivity contribution in [2.45, 2.75) is 19.4 Å². The van der Waals surface area contributed by atoms with Crippen molar-refractivity contribution in [1.82, 2.24) is 14.8 Å². The lowest BCUT2D eigenvalue weighted by molar-refractivity contribution is 0.0754. The minimum absolute atomic E-state index is 0.0586. The Bertz CT molecular complexity index is 688. The fraction of sp³-hybridized carbons (Fsp3) is 0.400.